The molecule has 1 saturated carbocycles. The molecule has 13 heavy (non-hydrogen) atoms. The van der Waals surface area contributed by atoms with Gasteiger partial charge in [0.2, 0.25) is 0 Å². The number of nitrogens with one attached hydrogen (secondary N) is 2. The van der Waals surface area contributed by atoms with E-state index >= 15 is 0 Å². The van der Waals surface area contributed by atoms with Crippen molar-refractivity contribution in [3.63, 3.8) is 0 Å². The first-order valence-corrected chi connectivity index (χ1v) is 5.04. The molecule has 2 amide bonds. The number of carbonyl (C=O) groups excluding carboxylic acids is 1. The molecule has 0 heterocycles. The minimum Gasteiger partial charge on any atom is -0.338 e. The van der Waals surface area contributed by atoms with E-state index in [0.29, 0.717) is 6.54 Å². The Bertz CT molecular complexity index is 172. The van der Waals surface area contributed by atoms with Crippen LogP contribution in [0, 0.1) is 0 Å². The maximum Gasteiger partial charge on any atom is 0.315 e. The van der Waals surface area contributed by atoms with Crippen LogP contribution in [0.15, 0.2) is 0 Å². The van der Waals surface area contributed by atoms with Gasteiger partial charge in [-0.05, 0) is 19.8 Å². The highest BCUT2D eigenvalue weighted by Gasteiger charge is 2.22. The van der Waals surface area contributed by atoms with Crippen LogP contribution in [-0.4, -0.2) is 24.7 Å². The van der Waals surface area contributed by atoms with E-state index in [-0.39, 0.29) is 18.1 Å². The Hall–Kier alpha value is -0.770. The predicted molar refractivity (Wildman–Crippen MR) is 52.4 cm³/mol. The lowest BCUT2D eigenvalue weighted by molar-refractivity contribution is 0.229. The predicted octanol–water partition coefficient (Wildman–Crippen LogP) is 0.575. The molecule has 1 fully saturated rings. The highest BCUT2D eigenvalue weighted by molar-refractivity contribution is 5.74. The van der Waals surface area contributed by atoms with Crippen molar-refractivity contribution in [1.29, 1.82) is 0 Å². The van der Waals surface area contributed by atoms with Crippen molar-refractivity contribution in [2.45, 2.75) is 44.7 Å². The lowest BCUT2D eigenvalue weighted by Crippen LogP contribution is -2.52. The fourth-order valence-electron chi connectivity index (χ4n) is 1.72. The molecule has 4 heteroatoms. The monoisotopic (exact) mass is 185 g/mol. The SMILES string of the molecule is CCNC(=O)NC1CCCCC1N. The molecule has 0 spiro atoms. The van der Waals surface area contributed by atoms with Gasteiger partial charge in [-0.2, -0.15) is 0 Å². The molecule has 0 aliphatic heterocycles. The van der Waals surface area contributed by atoms with Crippen molar-refractivity contribution in [3.8, 4) is 0 Å². The van der Waals surface area contributed by atoms with Crippen LogP contribution in [0.3, 0.4) is 0 Å². The Morgan fingerprint density at radius 2 is 2.15 bits per heavy atom. The van der Waals surface area contributed by atoms with E-state index in [1.165, 1.54) is 12.8 Å². The second-order valence-corrected chi connectivity index (χ2v) is 3.56. The summed E-state index contributed by atoms with van der Waals surface area (Å²) < 4.78 is 0. The lowest BCUT2D eigenvalue weighted by atomic mass is 9.91. The number of rotatable bonds is 2. The van der Waals surface area contributed by atoms with E-state index in [4.69, 9.17) is 5.73 Å². The maximum atomic E-state index is 11.2. The van der Waals surface area contributed by atoms with Gasteiger partial charge in [0.05, 0.1) is 0 Å². The first-order chi connectivity index (χ1) is 6.24. The zero-order valence-corrected chi connectivity index (χ0v) is 8.18. The molecule has 0 bridgehead atoms. The van der Waals surface area contributed by atoms with E-state index in [0.717, 1.165) is 12.8 Å². The summed E-state index contributed by atoms with van der Waals surface area (Å²) in [7, 11) is 0. The van der Waals surface area contributed by atoms with Gasteiger partial charge in [0, 0.05) is 18.6 Å². The van der Waals surface area contributed by atoms with Gasteiger partial charge in [-0.15, -0.1) is 0 Å². The number of hydrogen-bond donors (Lipinski definition) is 3. The van der Waals surface area contributed by atoms with Gasteiger partial charge in [0.1, 0.15) is 0 Å². The first-order valence-electron chi connectivity index (χ1n) is 5.04. The number of amides is 2. The summed E-state index contributed by atoms with van der Waals surface area (Å²) in [6.07, 6.45) is 4.40. The minimum absolute atomic E-state index is 0.0927. The molecule has 0 aromatic heterocycles. The van der Waals surface area contributed by atoms with Crippen molar-refractivity contribution in [2.75, 3.05) is 6.54 Å². The molecule has 2 unspecified atom stereocenters. The van der Waals surface area contributed by atoms with Gasteiger partial charge in [0.15, 0.2) is 0 Å². The van der Waals surface area contributed by atoms with Crippen LogP contribution in [0.25, 0.3) is 0 Å². The van der Waals surface area contributed by atoms with E-state index in [1.807, 2.05) is 6.92 Å². The smallest absolute Gasteiger partial charge is 0.315 e. The largest absolute Gasteiger partial charge is 0.338 e. The van der Waals surface area contributed by atoms with Crippen molar-refractivity contribution in [2.24, 2.45) is 5.73 Å². The molecule has 1 aliphatic rings. The van der Waals surface area contributed by atoms with Crippen molar-refractivity contribution in [3.05, 3.63) is 0 Å². The second kappa shape index (κ2) is 5.07. The number of nitrogens with two attached hydrogens (primary N) is 1. The Morgan fingerprint density at radius 1 is 1.46 bits per heavy atom. The molecule has 1 rings (SSSR count). The molecule has 0 saturated heterocycles. The molecule has 0 aromatic rings. The van der Waals surface area contributed by atoms with Crippen LogP contribution in [0.5, 0.6) is 0 Å². The average molecular weight is 185 g/mol. The maximum absolute atomic E-state index is 11.2. The Balaban J connectivity index is 2.29. The van der Waals surface area contributed by atoms with Crippen LogP contribution >= 0.6 is 0 Å². The fraction of sp³-hybridized carbons (Fsp3) is 0.889. The topological polar surface area (TPSA) is 67.2 Å². The van der Waals surface area contributed by atoms with E-state index in [2.05, 4.69) is 10.6 Å². The first kappa shape index (κ1) is 10.3. The summed E-state index contributed by atoms with van der Waals surface area (Å²) in [6, 6.07) is 0.210. The number of carbonyl (C=O) groups is 1. The van der Waals surface area contributed by atoms with Crippen LogP contribution in [0.4, 0.5) is 4.79 Å². The molecule has 4 nitrogen and oxygen atoms in total. The van der Waals surface area contributed by atoms with Crippen LogP contribution in [0.1, 0.15) is 32.6 Å². The third kappa shape index (κ3) is 3.22. The highest BCUT2D eigenvalue weighted by atomic mass is 16.2. The lowest BCUT2D eigenvalue weighted by Gasteiger charge is -2.29. The van der Waals surface area contributed by atoms with E-state index in [1.54, 1.807) is 0 Å². The van der Waals surface area contributed by atoms with Crippen LogP contribution in [0.2, 0.25) is 0 Å². The summed E-state index contributed by atoms with van der Waals surface area (Å²) in [6.45, 7) is 2.56. The molecule has 0 radical (unpaired) electrons. The van der Waals surface area contributed by atoms with Gasteiger partial charge >= 0.3 is 6.03 Å². The molecular weight excluding hydrogens is 166 g/mol. The zero-order chi connectivity index (χ0) is 9.68. The standard InChI is InChI=1S/C9H19N3O/c1-2-11-9(13)12-8-6-4-3-5-7(8)10/h7-8H,2-6,10H2,1H3,(H2,11,12,13). The molecule has 0 aromatic carbocycles. The van der Waals surface area contributed by atoms with Crippen LogP contribution in [-0.2, 0) is 0 Å². The van der Waals surface area contributed by atoms with E-state index in [9.17, 15) is 4.79 Å². The Labute approximate surface area is 79.3 Å². The quantitative estimate of drug-likeness (QED) is 0.589. The fourth-order valence-corrected chi connectivity index (χ4v) is 1.72. The Kier molecular flexibility index (Phi) is 4.02. The number of urea groups is 1. The van der Waals surface area contributed by atoms with Gasteiger partial charge < -0.3 is 16.4 Å². The molecule has 2 atom stereocenters. The Morgan fingerprint density at radius 3 is 2.77 bits per heavy atom. The summed E-state index contributed by atoms with van der Waals surface area (Å²) in [4.78, 5) is 11.2. The van der Waals surface area contributed by atoms with Gasteiger partial charge in [-0.25, -0.2) is 4.79 Å². The van der Waals surface area contributed by atoms with Gasteiger partial charge in [-0.1, -0.05) is 12.8 Å². The highest BCUT2D eigenvalue weighted by Crippen LogP contribution is 2.16. The summed E-state index contributed by atoms with van der Waals surface area (Å²) >= 11 is 0. The second-order valence-electron chi connectivity index (χ2n) is 3.56. The molecule has 1 aliphatic carbocycles. The molecule has 4 N–H and O–H groups in total. The zero-order valence-electron chi connectivity index (χ0n) is 8.18. The van der Waals surface area contributed by atoms with Crippen LogP contribution < -0.4 is 16.4 Å². The molecular formula is C9H19N3O. The number of hydrogen-bond acceptors (Lipinski definition) is 2. The van der Waals surface area contributed by atoms with Gasteiger partial charge in [-0.3, -0.25) is 0 Å². The third-order valence-corrected chi connectivity index (χ3v) is 2.47. The summed E-state index contributed by atoms with van der Waals surface area (Å²) in [5.41, 5.74) is 5.88. The van der Waals surface area contributed by atoms with Crippen molar-refractivity contribution >= 4 is 6.03 Å². The van der Waals surface area contributed by atoms with E-state index < -0.39 is 0 Å². The van der Waals surface area contributed by atoms with Crippen molar-refractivity contribution < 1.29 is 4.79 Å². The van der Waals surface area contributed by atoms with Crippen molar-refractivity contribution in [1.82, 2.24) is 10.6 Å². The average Bonchev–Trinajstić information content (AvgIpc) is 2.09. The molecule has 76 valence electrons. The third-order valence-electron chi connectivity index (χ3n) is 2.47. The van der Waals surface area contributed by atoms with Gasteiger partial charge in [0.25, 0.3) is 0 Å². The normalized spacial score (nSPS) is 28.2. The minimum atomic E-state index is -0.0927. The summed E-state index contributed by atoms with van der Waals surface area (Å²) in [5.74, 6) is 0. The summed E-state index contributed by atoms with van der Waals surface area (Å²) in [5, 5.41) is 5.60.